The van der Waals surface area contributed by atoms with E-state index < -0.39 is 0 Å². The molecular weight excluding hydrogens is 170 g/mol. The second kappa shape index (κ2) is 3.12. The summed E-state index contributed by atoms with van der Waals surface area (Å²) in [6.45, 7) is 3.87. The van der Waals surface area contributed by atoms with Gasteiger partial charge in [0.1, 0.15) is 11.5 Å². The Morgan fingerprint density at radius 3 is 3.00 bits per heavy atom. The van der Waals surface area contributed by atoms with E-state index in [-0.39, 0.29) is 18.8 Å². The SMILES string of the molecule is CC1Cc2onc(CO)c2C(C)O1. The molecule has 4 heteroatoms. The lowest BCUT2D eigenvalue weighted by molar-refractivity contribution is -0.0105. The summed E-state index contributed by atoms with van der Waals surface area (Å²) in [5, 5.41) is 12.8. The minimum Gasteiger partial charge on any atom is -0.390 e. The van der Waals surface area contributed by atoms with Crippen LogP contribution in [0.4, 0.5) is 0 Å². The summed E-state index contributed by atoms with van der Waals surface area (Å²) >= 11 is 0. The molecule has 1 aromatic rings. The summed E-state index contributed by atoms with van der Waals surface area (Å²) in [7, 11) is 0. The highest BCUT2D eigenvalue weighted by Crippen LogP contribution is 2.32. The van der Waals surface area contributed by atoms with Crippen molar-refractivity contribution in [2.24, 2.45) is 0 Å². The maximum Gasteiger partial charge on any atom is 0.145 e. The molecule has 0 spiro atoms. The third kappa shape index (κ3) is 1.36. The van der Waals surface area contributed by atoms with Gasteiger partial charge in [0.15, 0.2) is 0 Å². The molecule has 0 aliphatic carbocycles. The van der Waals surface area contributed by atoms with Crippen molar-refractivity contribution in [2.45, 2.75) is 39.1 Å². The quantitative estimate of drug-likeness (QED) is 0.710. The van der Waals surface area contributed by atoms with Gasteiger partial charge in [-0.3, -0.25) is 0 Å². The standard InChI is InChI=1S/C9H13NO3/c1-5-3-8-9(6(2)12-5)7(4-11)10-13-8/h5-6,11H,3-4H2,1-2H3. The van der Waals surface area contributed by atoms with Gasteiger partial charge in [-0.1, -0.05) is 5.16 Å². The molecule has 0 fully saturated rings. The molecule has 2 heterocycles. The van der Waals surface area contributed by atoms with E-state index in [9.17, 15) is 0 Å². The molecule has 0 amide bonds. The average Bonchev–Trinajstić information content (AvgIpc) is 2.47. The molecule has 1 aromatic heterocycles. The van der Waals surface area contributed by atoms with Crippen molar-refractivity contribution < 1.29 is 14.4 Å². The van der Waals surface area contributed by atoms with Crippen LogP contribution in [0.3, 0.4) is 0 Å². The largest absolute Gasteiger partial charge is 0.390 e. The van der Waals surface area contributed by atoms with E-state index in [1.165, 1.54) is 0 Å². The Kier molecular flexibility index (Phi) is 2.09. The molecule has 0 bridgehead atoms. The topological polar surface area (TPSA) is 55.5 Å². The number of aliphatic hydroxyl groups is 1. The summed E-state index contributed by atoms with van der Waals surface area (Å²) in [5.74, 6) is 0.857. The van der Waals surface area contributed by atoms with Crippen LogP contribution in [0.25, 0.3) is 0 Å². The van der Waals surface area contributed by atoms with E-state index in [0.717, 1.165) is 17.7 Å². The van der Waals surface area contributed by atoms with Crippen LogP contribution in [-0.2, 0) is 17.8 Å². The maximum absolute atomic E-state index is 8.99. The smallest absolute Gasteiger partial charge is 0.145 e. The molecule has 2 unspecified atom stereocenters. The maximum atomic E-state index is 8.99. The van der Waals surface area contributed by atoms with Crippen LogP contribution < -0.4 is 0 Å². The van der Waals surface area contributed by atoms with Gasteiger partial charge in [-0.2, -0.15) is 0 Å². The monoisotopic (exact) mass is 183 g/mol. The number of aliphatic hydroxyl groups excluding tert-OH is 1. The average molecular weight is 183 g/mol. The minimum atomic E-state index is -0.0824. The minimum absolute atomic E-state index is 0.0212. The number of fused-ring (bicyclic) bond motifs is 1. The second-order valence-electron chi connectivity index (χ2n) is 3.42. The lowest BCUT2D eigenvalue weighted by Crippen LogP contribution is -2.21. The lowest BCUT2D eigenvalue weighted by Gasteiger charge is -2.24. The van der Waals surface area contributed by atoms with Crippen LogP contribution in [-0.4, -0.2) is 16.4 Å². The van der Waals surface area contributed by atoms with Gasteiger partial charge in [0.05, 0.1) is 18.8 Å². The molecule has 0 aromatic carbocycles. The molecule has 0 radical (unpaired) electrons. The van der Waals surface area contributed by atoms with Gasteiger partial charge in [-0.05, 0) is 13.8 Å². The van der Waals surface area contributed by atoms with Crippen molar-refractivity contribution in [1.29, 1.82) is 0 Å². The van der Waals surface area contributed by atoms with E-state index >= 15 is 0 Å². The predicted octanol–water partition coefficient (Wildman–Crippen LogP) is 1.19. The Labute approximate surface area is 76.5 Å². The second-order valence-corrected chi connectivity index (χ2v) is 3.42. The van der Waals surface area contributed by atoms with Gasteiger partial charge in [-0.25, -0.2) is 0 Å². The van der Waals surface area contributed by atoms with Crippen molar-refractivity contribution in [2.75, 3.05) is 0 Å². The first-order valence-electron chi connectivity index (χ1n) is 4.46. The van der Waals surface area contributed by atoms with Crippen LogP contribution >= 0.6 is 0 Å². The fourth-order valence-electron chi connectivity index (χ4n) is 1.82. The molecule has 1 aliphatic rings. The fourth-order valence-corrected chi connectivity index (χ4v) is 1.82. The zero-order chi connectivity index (χ0) is 9.42. The summed E-state index contributed by atoms with van der Waals surface area (Å²) in [4.78, 5) is 0. The van der Waals surface area contributed by atoms with Crippen LogP contribution in [0, 0.1) is 0 Å². The van der Waals surface area contributed by atoms with Gasteiger partial charge >= 0.3 is 0 Å². The van der Waals surface area contributed by atoms with Crippen LogP contribution in [0.5, 0.6) is 0 Å². The zero-order valence-corrected chi connectivity index (χ0v) is 7.78. The first-order valence-corrected chi connectivity index (χ1v) is 4.46. The molecule has 0 saturated carbocycles. The Bertz CT molecular complexity index is 308. The molecule has 13 heavy (non-hydrogen) atoms. The Morgan fingerprint density at radius 1 is 1.54 bits per heavy atom. The first kappa shape index (κ1) is 8.72. The molecular formula is C9H13NO3. The molecule has 0 saturated heterocycles. The number of hydrogen-bond donors (Lipinski definition) is 1. The highest BCUT2D eigenvalue weighted by atomic mass is 16.5. The lowest BCUT2D eigenvalue weighted by atomic mass is 10.0. The first-order chi connectivity index (χ1) is 6.22. The van der Waals surface area contributed by atoms with E-state index in [0.29, 0.717) is 5.69 Å². The highest BCUT2D eigenvalue weighted by Gasteiger charge is 2.28. The van der Waals surface area contributed by atoms with Gasteiger partial charge < -0.3 is 14.4 Å². The van der Waals surface area contributed by atoms with Crippen LogP contribution in [0.2, 0.25) is 0 Å². The van der Waals surface area contributed by atoms with Gasteiger partial charge in [0, 0.05) is 12.0 Å². The van der Waals surface area contributed by atoms with Crippen molar-refractivity contribution in [3.63, 3.8) is 0 Å². The van der Waals surface area contributed by atoms with Crippen LogP contribution in [0.15, 0.2) is 4.52 Å². The molecule has 72 valence electrons. The summed E-state index contributed by atoms with van der Waals surface area (Å²) in [5.41, 5.74) is 1.54. The number of aromatic nitrogens is 1. The normalized spacial score (nSPS) is 27.3. The Morgan fingerprint density at radius 2 is 2.31 bits per heavy atom. The molecule has 2 rings (SSSR count). The highest BCUT2D eigenvalue weighted by molar-refractivity contribution is 5.27. The van der Waals surface area contributed by atoms with Gasteiger partial charge in [-0.15, -0.1) is 0 Å². The fraction of sp³-hybridized carbons (Fsp3) is 0.667. The Balaban J connectivity index is 2.40. The van der Waals surface area contributed by atoms with E-state index in [1.54, 1.807) is 0 Å². The van der Waals surface area contributed by atoms with E-state index in [2.05, 4.69) is 5.16 Å². The van der Waals surface area contributed by atoms with Crippen molar-refractivity contribution in [3.8, 4) is 0 Å². The summed E-state index contributed by atoms with van der Waals surface area (Å²) in [6.07, 6.45) is 0.890. The summed E-state index contributed by atoms with van der Waals surface area (Å²) < 4.78 is 10.7. The number of hydrogen-bond acceptors (Lipinski definition) is 4. The van der Waals surface area contributed by atoms with Gasteiger partial charge in [0.25, 0.3) is 0 Å². The van der Waals surface area contributed by atoms with Crippen LogP contribution in [0.1, 0.15) is 37.0 Å². The summed E-state index contributed by atoms with van der Waals surface area (Å²) in [6, 6.07) is 0. The third-order valence-corrected chi connectivity index (χ3v) is 2.34. The number of ether oxygens (including phenoxy) is 1. The molecule has 1 N–H and O–H groups in total. The predicted molar refractivity (Wildman–Crippen MR) is 45.1 cm³/mol. The molecule has 2 atom stereocenters. The zero-order valence-electron chi connectivity index (χ0n) is 7.78. The van der Waals surface area contributed by atoms with Crippen molar-refractivity contribution in [3.05, 3.63) is 17.0 Å². The van der Waals surface area contributed by atoms with E-state index in [4.69, 9.17) is 14.4 Å². The van der Waals surface area contributed by atoms with Gasteiger partial charge in [0.2, 0.25) is 0 Å². The number of rotatable bonds is 1. The van der Waals surface area contributed by atoms with E-state index in [1.807, 2.05) is 13.8 Å². The Hall–Kier alpha value is -0.870. The van der Waals surface area contributed by atoms with Crippen molar-refractivity contribution in [1.82, 2.24) is 5.16 Å². The van der Waals surface area contributed by atoms with Crippen molar-refractivity contribution >= 4 is 0 Å². The molecule has 1 aliphatic heterocycles. The molecule has 4 nitrogen and oxygen atoms in total. The number of nitrogens with zero attached hydrogens (tertiary/aromatic N) is 1. The third-order valence-electron chi connectivity index (χ3n) is 2.34.